The van der Waals surface area contributed by atoms with Crippen LogP contribution in [0.2, 0.25) is 0 Å². The predicted molar refractivity (Wildman–Crippen MR) is 101 cm³/mol. The maximum absolute atomic E-state index is 14.6. The fourth-order valence-electron chi connectivity index (χ4n) is 3.56. The van der Waals surface area contributed by atoms with Crippen molar-refractivity contribution >= 4 is 11.0 Å². The van der Waals surface area contributed by atoms with Crippen LogP contribution in [0.3, 0.4) is 0 Å². The van der Waals surface area contributed by atoms with E-state index in [2.05, 4.69) is 21.9 Å². The van der Waals surface area contributed by atoms with Crippen molar-refractivity contribution in [2.45, 2.75) is 32.0 Å². The number of rotatable bonds is 4. The number of nitrogens with zero attached hydrogens (tertiary/aromatic N) is 2. The molecule has 1 fully saturated rings. The highest BCUT2D eigenvalue weighted by Gasteiger charge is 2.27. The molecule has 4 nitrogen and oxygen atoms in total. The first-order valence-electron chi connectivity index (χ1n) is 9.15. The van der Waals surface area contributed by atoms with E-state index in [1.807, 2.05) is 37.3 Å². The SMILES string of the molecule is Cc1ccc(F)c(C(OC2CCN(C)CC2)c2nc3ccccc3[nH]2)c1. The summed E-state index contributed by atoms with van der Waals surface area (Å²) in [5, 5.41) is 0. The number of imidazole rings is 1. The highest BCUT2D eigenvalue weighted by atomic mass is 19.1. The van der Waals surface area contributed by atoms with Gasteiger partial charge in [0, 0.05) is 18.7 Å². The quantitative estimate of drug-likeness (QED) is 0.764. The third-order valence-electron chi connectivity index (χ3n) is 5.08. The third kappa shape index (κ3) is 3.50. The van der Waals surface area contributed by atoms with Crippen molar-refractivity contribution < 1.29 is 9.13 Å². The van der Waals surface area contributed by atoms with Crippen LogP contribution in [0.5, 0.6) is 0 Å². The monoisotopic (exact) mass is 353 g/mol. The van der Waals surface area contributed by atoms with Crippen LogP contribution in [0.25, 0.3) is 11.0 Å². The summed E-state index contributed by atoms with van der Waals surface area (Å²) in [6.45, 7) is 3.95. The fourth-order valence-corrected chi connectivity index (χ4v) is 3.56. The van der Waals surface area contributed by atoms with E-state index in [-0.39, 0.29) is 11.9 Å². The van der Waals surface area contributed by atoms with Gasteiger partial charge < -0.3 is 14.6 Å². The number of likely N-dealkylation sites (tertiary alicyclic amines) is 1. The van der Waals surface area contributed by atoms with Gasteiger partial charge in [0.25, 0.3) is 0 Å². The second kappa shape index (κ2) is 7.17. The first kappa shape index (κ1) is 17.2. The summed E-state index contributed by atoms with van der Waals surface area (Å²) < 4.78 is 21.1. The summed E-state index contributed by atoms with van der Waals surface area (Å²) in [5.41, 5.74) is 3.36. The van der Waals surface area contributed by atoms with Gasteiger partial charge in [-0.1, -0.05) is 29.8 Å². The number of piperidine rings is 1. The van der Waals surface area contributed by atoms with Crippen LogP contribution in [0.1, 0.15) is 35.9 Å². The van der Waals surface area contributed by atoms with Gasteiger partial charge in [0.05, 0.1) is 17.1 Å². The minimum atomic E-state index is -0.532. The minimum Gasteiger partial charge on any atom is -0.362 e. The van der Waals surface area contributed by atoms with Gasteiger partial charge in [-0.3, -0.25) is 0 Å². The molecule has 1 unspecified atom stereocenters. The van der Waals surface area contributed by atoms with Crippen molar-refractivity contribution in [1.82, 2.24) is 14.9 Å². The molecule has 0 radical (unpaired) electrons. The maximum Gasteiger partial charge on any atom is 0.143 e. The van der Waals surface area contributed by atoms with Crippen LogP contribution in [0.4, 0.5) is 4.39 Å². The van der Waals surface area contributed by atoms with Crippen molar-refractivity contribution in [3.05, 3.63) is 65.2 Å². The van der Waals surface area contributed by atoms with Crippen LogP contribution >= 0.6 is 0 Å². The molecule has 3 aromatic rings. The summed E-state index contributed by atoms with van der Waals surface area (Å²) in [4.78, 5) is 10.3. The summed E-state index contributed by atoms with van der Waals surface area (Å²) in [6.07, 6.45) is 1.46. The molecular formula is C21H24FN3O. The molecule has 1 N–H and O–H groups in total. The lowest BCUT2D eigenvalue weighted by Crippen LogP contribution is -2.35. The van der Waals surface area contributed by atoms with E-state index in [1.54, 1.807) is 6.07 Å². The van der Waals surface area contributed by atoms with Crippen LogP contribution in [-0.2, 0) is 4.74 Å². The van der Waals surface area contributed by atoms with Crippen molar-refractivity contribution in [1.29, 1.82) is 0 Å². The number of aromatic nitrogens is 2. The molecule has 0 aliphatic carbocycles. The van der Waals surface area contributed by atoms with Gasteiger partial charge in [0.15, 0.2) is 0 Å². The average Bonchev–Trinajstić information content (AvgIpc) is 3.07. The highest BCUT2D eigenvalue weighted by molar-refractivity contribution is 5.74. The second-order valence-corrected chi connectivity index (χ2v) is 7.18. The molecule has 1 aromatic heterocycles. The van der Waals surface area contributed by atoms with E-state index in [4.69, 9.17) is 4.74 Å². The average molecular weight is 353 g/mol. The number of fused-ring (bicyclic) bond motifs is 1. The number of hydrogen-bond donors (Lipinski definition) is 1. The second-order valence-electron chi connectivity index (χ2n) is 7.18. The smallest absolute Gasteiger partial charge is 0.143 e. The van der Waals surface area contributed by atoms with Crippen LogP contribution in [0, 0.1) is 12.7 Å². The Bertz CT molecular complexity index is 866. The zero-order valence-corrected chi connectivity index (χ0v) is 15.2. The summed E-state index contributed by atoms with van der Waals surface area (Å²) in [7, 11) is 2.12. The molecule has 0 bridgehead atoms. The lowest BCUT2D eigenvalue weighted by atomic mass is 10.0. The standard InChI is InChI=1S/C21H24FN3O/c1-14-7-8-17(22)16(13-14)20(26-15-9-11-25(2)12-10-15)21-23-18-5-3-4-6-19(18)24-21/h3-8,13,15,20H,9-12H2,1-2H3,(H,23,24). The van der Waals surface area contributed by atoms with Gasteiger partial charge in [-0.2, -0.15) is 0 Å². The first-order chi connectivity index (χ1) is 12.6. The Morgan fingerprint density at radius 2 is 1.96 bits per heavy atom. The molecule has 136 valence electrons. The maximum atomic E-state index is 14.6. The highest BCUT2D eigenvalue weighted by Crippen LogP contribution is 2.31. The van der Waals surface area contributed by atoms with Crippen LogP contribution in [-0.4, -0.2) is 41.1 Å². The number of halogens is 1. The summed E-state index contributed by atoms with van der Waals surface area (Å²) in [6, 6.07) is 13.0. The van der Waals surface area contributed by atoms with Gasteiger partial charge in [0.1, 0.15) is 17.7 Å². The first-order valence-corrected chi connectivity index (χ1v) is 9.15. The van der Waals surface area contributed by atoms with Crippen LogP contribution < -0.4 is 0 Å². The Balaban J connectivity index is 1.72. The lowest BCUT2D eigenvalue weighted by molar-refractivity contribution is -0.0276. The molecule has 4 rings (SSSR count). The van der Waals surface area contributed by atoms with Gasteiger partial charge in [-0.15, -0.1) is 0 Å². The number of ether oxygens (including phenoxy) is 1. The zero-order chi connectivity index (χ0) is 18.1. The molecule has 1 atom stereocenters. The van der Waals surface area contributed by atoms with E-state index in [9.17, 15) is 4.39 Å². The molecule has 0 saturated carbocycles. The van der Waals surface area contributed by atoms with Crippen LogP contribution in [0.15, 0.2) is 42.5 Å². The topological polar surface area (TPSA) is 41.1 Å². The van der Waals surface area contributed by atoms with Gasteiger partial charge in [-0.25, -0.2) is 9.37 Å². The molecule has 5 heteroatoms. The van der Waals surface area contributed by atoms with E-state index in [0.29, 0.717) is 11.4 Å². The number of hydrogen-bond acceptors (Lipinski definition) is 3. The van der Waals surface area contributed by atoms with Crippen molar-refractivity contribution in [2.24, 2.45) is 0 Å². The molecular weight excluding hydrogens is 329 g/mol. The third-order valence-corrected chi connectivity index (χ3v) is 5.08. The van der Waals surface area contributed by atoms with Gasteiger partial charge in [-0.05, 0) is 45.0 Å². The normalized spacial score (nSPS) is 17.7. The molecule has 26 heavy (non-hydrogen) atoms. The number of aromatic amines is 1. The molecule has 1 saturated heterocycles. The number of para-hydroxylation sites is 2. The Kier molecular flexibility index (Phi) is 4.74. The zero-order valence-electron chi connectivity index (χ0n) is 15.2. The fraction of sp³-hybridized carbons (Fsp3) is 0.381. The molecule has 1 aliphatic rings. The minimum absolute atomic E-state index is 0.101. The largest absolute Gasteiger partial charge is 0.362 e. The molecule has 0 amide bonds. The lowest BCUT2D eigenvalue weighted by Gasteiger charge is -2.31. The summed E-state index contributed by atoms with van der Waals surface area (Å²) in [5.74, 6) is 0.406. The Morgan fingerprint density at radius 3 is 2.73 bits per heavy atom. The van der Waals surface area contributed by atoms with E-state index < -0.39 is 6.10 Å². The van der Waals surface area contributed by atoms with Gasteiger partial charge in [0.2, 0.25) is 0 Å². The number of aryl methyl sites for hydroxylation is 1. The van der Waals surface area contributed by atoms with Crippen molar-refractivity contribution in [3.8, 4) is 0 Å². The van der Waals surface area contributed by atoms with E-state index in [1.165, 1.54) is 6.07 Å². The number of benzene rings is 2. The Hall–Kier alpha value is -2.24. The molecule has 0 spiro atoms. The number of nitrogens with one attached hydrogen (secondary N) is 1. The van der Waals surface area contributed by atoms with Gasteiger partial charge >= 0.3 is 0 Å². The molecule has 1 aliphatic heterocycles. The number of H-pyrrole nitrogens is 1. The van der Waals surface area contributed by atoms with E-state index >= 15 is 0 Å². The predicted octanol–water partition coefficient (Wildman–Crippen LogP) is 4.21. The van der Waals surface area contributed by atoms with Crippen molar-refractivity contribution in [2.75, 3.05) is 20.1 Å². The van der Waals surface area contributed by atoms with Crippen molar-refractivity contribution in [3.63, 3.8) is 0 Å². The summed E-state index contributed by atoms with van der Waals surface area (Å²) >= 11 is 0. The Morgan fingerprint density at radius 1 is 1.19 bits per heavy atom. The molecule has 2 aromatic carbocycles. The molecule has 2 heterocycles. The Labute approximate surface area is 153 Å². The van der Waals surface area contributed by atoms with E-state index in [0.717, 1.165) is 42.5 Å².